The minimum atomic E-state index is 0.394. The van der Waals surface area contributed by atoms with Crippen LogP contribution in [0.5, 0.6) is 0 Å². The Morgan fingerprint density at radius 2 is 1.84 bits per heavy atom. The molecule has 2 aromatic carbocycles. The van der Waals surface area contributed by atoms with Gasteiger partial charge in [-0.2, -0.15) is 4.68 Å². The molecule has 4 rings (SSSR count). The lowest BCUT2D eigenvalue weighted by atomic mass is 10.2. The number of para-hydroxylation sites is 1. The molecule has 0 bridgehead atoms. The van der Waals surface area contributed by atoms with Crippen LogP contribution in [-0.2, 0) is 6.54 Å². The van der Waals surface area contributed by atoms with Gasteiger partial charge in [0.15, 0.2) is 11.6 Å². The van der Waals surface area contributed by atoms with Gasteiger partial charge in [0.05, 0.1) is 5.52 Å². The summed E-state index contributed by atoms with van der Waals surface area (Å²) in [5.74, 6) is 0.995. The van der Waals surface area contributed by atoms with Gasteiger partial charge >= 0.3 is 0 Å². The molecule has 0 unspecified atom stereocenters. The highest BCUT2D eigenvalue weighted by molar-refractivity contribution is 6.31. The second-order valence-corrected chi connectivity index (χ2v) is 5.80. The number of anilines is 2. The summed E-state index contributed by atoms with van der Waals surface area (Å²) >= 11 is 6.18. The van der Waals surface area contributed by atoms with E-state index in [2.05, 4.69) is 25.6 Å². The zero-order chi connectivity index (χ0) is 17.2. The second-order valence-electron chi connectivity index (χ2n) is 5.39. The molecule has 2 aromatic heterocycles. The number of rotatable bonds is 4. The second kappa shape index (κ2) is 6.37. The zero-order valence-electron chi connectivity index (χ0n) is 13.1. The fraction of sp³-hybridized carbons (Fsp3) is 0.0588. The van der Waals surface area contributed by atoms with Crippen LogP contribution in [0.3, 0.4) is 0 Å². The number of halogens is 1. The Hall–Kier alpha value is -3.19. The van der Waals surface area contributed by atoms with Gasteiger partial charge in [0.2, 0.25) is 0 Å². The van der Waals surface area contributed by atoms with Crippen molar-refractivity contribution in [1.82, 2.24) is 25.0 Å². The van der Waals surface area contributed by atoms with Gasteiger partial charge < -0.3 is 11.1 Å². The maximum absolute atomic E-state index is 6.26. The first-order valence-corrected chi connectivity index (χ1v) is 8.00. The fourth-order valence-corrected chi connectivity index (χ4v) is 2.74. The van der Waals surface area contributed by atoms with E-state index in [-0.39, 0.29) is 0 Å². The predicted octanol–water partition coefficient (Wildman–Crippen LogP) is 3.06. The SMILES string of the molecule is Nc1c(NCc2ccccc2Cl)ncnc1-n1nnc2ccccc21. The normalized spacial score (nSPS) is 10.9. The zero-order valence-corrected chi connectivity index (χ0v) is 13.9. The van der Waals surface area contributed by atoms with Crippen LogP contribution in [0, 0.1) is 0 Å². The van der Waals surface area contributed by atoms with Crippen LogP contribution in [0.4, 0.5) is 11.5 Å². The molecule has 0 radical (unpaired) electrons. The summed E-state index contributed by atoms with van der Waals surface area (Å²) in [5.41, 5.74) is 9.20. The van der Waals surface area contributed by atoms with Gasteiger partial charge in [-0.1, -0.05) is 47.1 Å². The van der Waals surface area contributed by atoms with Crippen LogP contribution in [0.2, 0.25) is 5.02 Å². The maximum atomic E-state index is 6.26. The van der Waals surface area contributed by atoms with Gasteiger partial charge in [-0.15, -0.1) is 5.10 Å². The number of aromatic nitrogens is 5. The molecule has 4 aromatic rings. The molecular weight excluding hydrogens is 338 g/mol. The van der Waals surface area contributed by atoms with Crippen LogP contribution in [0.1, 0.15) is 5.56 Å². The first kappa shape index (κ1) is 15.3. The molecule has 0 aliphatic heterocycles. The summed E-state index contributed by atoms with van der Waals surface area (Å²) in [6, 6.07) is 15.2. The van der Waals surface area contributed by atoms with Crippen molar-refractivity contribution in [2.75, 3.05) is 11.1 Å². The third-order valence-corrected chi connectivity index (χ3v) is 4.19. The van der Waals surface area contributed by atoms with Gasteiger partial charge in [0, 0.05) is 11.6 Å². The molecule has 0 saturated carbocycles. The van der Waals surface area contributed by atoms with Crippen molar-refractivity contribution < 1.29 is 0 Å². The van der Waals surface area contributed by atoms with Gasteiger partial charge in [-0.25, -0.2) is 9.97 Å². The predicted molar refractivity (Wildman–Crippen MR) is 97.6 cm³/mol. The van der Waals surface area contributed by atoms with E-state index in [4.69, 9.17) is 17.3 Å². The molecule has 0 saturated heterocycles. The molecule has 3 N–H and O–H groups in total. The van der Waals surface area contributed by atoms with Gasteiger partial charge in [0.1, 0.15) is 17.5 Å². The number of nitrogen functional groups attached to an aromatic ring is 1. The van der Waals surface area contributed by atoms with Crippen molar-refractivity contribution >= 4 is 34.1 Å². The molecule has 0 fully saturated rings. The van der Waals surface area contributed by atoms with E-state index in [0.29, 0.717) is 28.9 Å². The number of hydrogen-bond donors (Lipinski definition) is 2. The monoisotopic (exact) mass is 351 g/mol. The Bertz CT molecular complexity index is 1040. The average molecular weight is 352 g/mol. The number of nitrogens with one attached hydrogen (secondary N) is 1. The molecule has 7 nitrogen and oxygen atoms in total. The lowest BCUT2D eigenvalue weighted by molar-refractivity contribution is 0.799. The standard InChI is InChI=1S/C17H14ClN7/c18-12-6-2-1-5-11(12)9-20-16-15(19)17(22-10-21-16)25-14-8-4-3-7-13(14)23-24-25/h1-8,10H,9,19H2,(H,20,21,22). The van der Waals surface area contributed by atoms with E-state index in [9.17, 15) is 0 Å². The molecule has 0 amide bonds. The minimum absolute atomic E-state index is 0.394. The molecule has 124 valence electrons. The first-order chi connectivity index (χ1) is 12.2. The van der Waals surface area contributed by atoms with Crippen LogP contribution >= 0.6 is 11.6 Å². The number of nitrogens with zero attached hydrogens (tertiary/aromatic N) is 5. The molecule has 0 atom stereocenters. The smallest absolute Gasteiger partial charge is 0.184 e. The van der Waals surface area contributed by atoms with Crippen LogP contribution < -0.4 is 11.1 Å². The number of fused-ring (bicyclic) bond motifs is 1. The van der Waals surface area contributed by atoms with E-state index in [1.165, 1.54) is 6.33 Å². The van der Waals surface area contributed by atoms with Gasteiger partial charge in [0.25, 0.3) is 0 Å². The van der Waals surface area contributed by atoms with E-state index < -0.39 is 0 Å². The van der Waals surface area contributed by atoms with E-state index >= 15 is 0 Å². The first-order valence-electron chi connectivity index (χ1n) is 7.62. The third-order valence-electron chi connectivity index (χ3n) is 3.82. The molecular formula is C17H14ClN7. The van der Waals surface area contributed by atoms with Gasteiger partial charge in [-0.05, 0) is 23.8 Å². The number of hydrogen-bond acceptors (Lipinski definition) is 6. The summed E-state index contributed by atoms with van der Waals surface area (Å²) < 4.78 is 1.60. The maximum Gasteiger partial charge on any atom is 0.184 e. The van der Waals surface area contributed by atoms with Crippen molar-refractivity contribution in [1.29, 1.82) is 0 Å². The minimum Gasteiger partial charge on any atom is -0.393 e. The Morgan fingerprint density at radius 3 is 2.72 bits per heavy atom. The Balaban J connectivity index is 1.68. The third kappa shape index (κ3) is 2.85. The van der Waals surface area contributed by atoms with Crippen molar-refractivity contribution in [3.8, 4) is 5.82 Å². The highest BCUT2D eigenvalue weighted by Gasteiger charge is 2.14. The van der Waals surface area contributed by atoms with Crippen molar-refractivity contribution in [2.45, 2.75) is 6.54 Å². The fourth-order valence-electron chi connectivity index (χ4n) is 2.54. The highest BCUT2D eigenvalue weighted by Crippen LogP contribution is 2.25. The number of nitrogens with two attached hydrogens (primary N) is 1. The summed E-state index contributed by atoms with van der Waals surface area (Å²) in [7, 11) is 0. The molecule has 0 aliphatic rings. The number of benzene rings is 2. The molecule has 0 aliphatic carbocycles. The summed E-state index contributed by atoms with van der Waals surface area (Å²) in [4.78, 5) is 8.48. The van der Waals surface area contributed by atoms with Crippen molar-refractivity contribution in [3.05, 3.63) is 65.4 Å². The molecule has 25 heavy (non-hydrogen) atoms. The lowest BCUT2D eigenvalue weighted by Crippen LogP contribution is -2.10. The largest absolute Gasteiger partial charge is 0.393 e. The van der Waals surface area contributed by atoms with E-state index in [1.807, 2.05) is 48.5 Å². The molecule has 0 spiro atoms. The summed E-state index contributed by atoms with van der Waals surface area (Å²) in [6.45, 7) is 0.498. The molecule has 8 heteroatoms. The Morgan fingerprint density at radius 1 is 1.04 bits per heavy atom. The van der Waals surface area contributed by atoms with E-state index in [1.54, 1.807) is 4.68 Å². The van der Waals surface area contributed by atoms with Crippen LogP contribution in [-0.4, -0.2) is 25.0 Å². The summed E-state index contributed by atoms with van der Waals surface area (Å²) in [6.07, 6.45) is 1.44. The quantitative estimate of drug-likeness (QED) is 0.586. The highest BCUT2D eigenvalue weighted by atomic mass is 35.5. The van der Waals surface area contributed by atoms with Gasteiger partial charge in [-0.3, -0.25) is 0 Å². The molecule has 2 heterocycles. The van der Waals surface area contributed by atoms with E-state index in [0.717, 1.165) is 16.6 Å². The van der Waals surface area contributed by atoms with Crippen molar-refractivity contribution in [3.63, 3.8) is 0 Å². The van der Waals surface area contributed by atoms with Crippen LogP contribution in [0.15, 0.2) is 54.9 Å². The lowest BCUT2D eigenvalue weighted by Gasteiger charge is -2.11. The Kier molecular flexibility index (Phi) is 3.91. The topological polar surface area (TPSA) is 94.5 Å². The Labute approximate surface area is 148 Å². The summed E-state index contributed by atoms with van der Waals surface area (Å²) in [5, 5.41) is 12.2. The average Bonchev–Trinajstić information content (AvgIpc) is 3.06. The van der Waals surface area contributed by atoms with Crippen molar-refractivity contribution in [2.24, 2.45) is 0 Å². The van der Waals surface area contributed by atoms with Crippen LogP contribution in [0.25, 0.3) is 16.9 Å².